The number of rotatable bonds is 4. The first-order valence-corrected chi connectivity index (χ1v) is 5.39. The van der Waals surface area contributed by atoms with Gasteiger partial charge in [-0.3, -0.25) is 9.78 Å². The minimum atomic E-state index is -0.411. The minimum Gasteiger partial charge on any atom is -0.393 e. The number of aryl methyl sites for hydroxylation is 1. The molecule has 0 spiro atoms. The highest BCUT2D eigenvalue weighted by Gasteiger charge is 2.11. The van der Waals surface area contributed by atoms with Gasteiger partial charge in [0.2, 0.25) is 0 Å². The molecule has 0 aliphatic rings. The average molecular weight is 222 g/mol. The largest absolute Gasteiger partial charge is 0.393 e. The van der Waals surface area contributed by atoms with Gasteiger partial charge in [0.15, 0.2) is 0 Å². The lowest BCUT2D eigenvalue weighted by molar-refractivity contribution is 0.0922. The average Bonchev–Trinajstić information content (AvgIpc) is 2.16. The molecule has 1 heterocycles. The molecule has 0 saturated carbocycles. The molecule has 1 aromatic rings. The van der Waals surface area contributed by atoms with Gasteiger partial charge in [-0.25, -0.2) is 0 Å². The van der Waals surface area contributed by atoms with Crippen molar-refractivity contribution in [3.05, 3.63) is 29.6 Å². The third-order valence-corrected chi connectivity index (χ3v) is 2.21. The second kappa shape index (κ2) is 5.61. The number of amides is 1. The summed E-state index contributed by atoms with van der Waals surface area (Å²) in [6.07, 6.45) is 3.38. The maximum absolute atomic E-state index is 11.8. The van der Waals surface area contributed by atoms with Crippen molar-refractivity contribution in [3.63, 3.8) is 0 Å². The highest BCUT2D eigenvalue weighted by Crippen LogP contribution is 2.03. The van der Waals surface area contributed by atoms with Gasteiger partial charge in [0.25, 0.3) is 5.91 Å². The molecule has 2 N–H and O–H groups in total. The molecule has 0 saturated heterocycles. The summed E-state index contributed by atoms with van der Waals surface area (Å²) in [4.78, 5) is 15.7. The van der Waals surface area contributed by atoms with E-state index < -0.39 is 6.10 Å². The monoisotopic (exact) mass is 222 g/mol. The first-order valence-electron chi connectivity index (χ1n) is 5.39. The Morgan fingerprint density at radius 3 is 2.75 bits per heavy atom. The number of nitrogens with zero attached hydrogens (tertiary/aromatic N) is 1. The summed E-state index contributed by atoms with van der Waals surface area (Å²) in [5.41, 5.74) is 1.51. The SMILES string of the molecule is Cc1cncc(C(=O)NC(C)CC(C)O)c1. The molecular weight excluding hydrogens is 204 g/mol. The molecule has 16 heavy (non-hydrogen) atoms. The summed E-state index contributed by atoms with van der Waals surface area (Å²) in [5.74, 6) is -0.149. The van der Waals surface area contributed by atoms with Crippen molar-refractivity contribution in [2.45, 2.75) is 39.3 Å². The standard InChI is InChI=1S/C12H18N2O2/c1-8-4-11(7-13-6-8)12(16)14-9(2)5-10(3)15/h4,6-7,9-10,15H,5H2,1-3H3,(H,14,16). The molecule has 0 aliphatic carbocycles. The van der Waals surface area contributed by atoms with E-state index in [2.05, 4.69) is 10.3 Å². The molecule has 0 bridgehead atoms. The third-order valence-electron chi connectivity index (χ3n) is 2.21. The quantitative estimate of drug-likeness (QED) is 0.806. The molecule has 0 aromatic carbocycles. The fourth-order valence-electron chi connectivity index (χ4n) is 1.56. The normalized spacial score (nSPS) is 14.2. The molecule has 88 valence electrons. The van der Waals surface area contributed by atoms with Gasteiger partial charge in [0.05, 0.1) is 11.7 Å². The van der Waals surface area contributed by atoms with Gasteiger partial charge in [-0.15, -0.1) is 0 Å². The topological polar surface area (TPSA) is 62.2 Å². The summed E-state index contributed by atoms with van der Waals surface area (Å²) < 4.78 is 0. The molecule has 2 unspecified atom stereocenters. The summed E-state index contributed by atoms with van der Waals surface area (Å²) in [7, 11) is 0. The molecule has 0 radical (unpaired) electrons. The number of aliphatic hydroxyl groups excluding tert-OH is 1. The molecule has 4 heteroatoms. The van der Waals surface area contributed by atoms with Crippen LogP contribution in [-0.4, -0.2) is 28.1 Å². The molecule has 1 aromatic heterocycles. The zero-order valence-electron chi connectivity index (χ0n) is 9.90. The number of aromatic nitrogens is 1. The van der Waals surface area contributed by atoms with Crippen LogP contribution in [0.4, 0.5) is 0 Å². The lowest BCUT2D eigenvalue weighted by Crippen LogP contribution is -2.34. The fourth-order valence-corrected chi connectivity index (χ4v) is 1.56. The summed E-state index contributed by atoms with van der Waals surface area (Å²) in [6.45, 7) is 5.47. The molecule has 2 atom stereocenters. The highest BCUT2D eigenvalue weighted by atomic mass is 16.3. The first-order chi connectivity index (χ1) is 7.49. The van der Waals surface area contributed by atoms with Gasteiger partial charge in [-0.05, 0) is 38.8 Å². The summed E-state index contributed by atoms with van der Waals surface area (Å²) in [5, 5.41) is 12.0. The number of carbonyl (C=O) groups is 1. The van der Waals surface area contributed by atoms with Crippen LogP contribution in [-0.2, 0) is 0 Å². The van der Waals surface area contributed by atoms with E-state index in [9.17, 15) is 9.90 Å². The van der Waals surface area contributed by atoms with Crippen LogP contribution in [0.15, 0.2) is 18.5 Å². The zero-order chi connectivity index (χ0) is 12.1. The zero-order valence-corrected chi connectivity index (χ0v) is 9.90. The van der Waals surface area contributed by atoms with Crippen molar-refractivity contribution in [2.24, 2.45) is 0 Å². The Hall–Kier alpha value is -1.42. The lowest BCUT2D eigenvalue weighted by atomic mass is 10.1. The number of pyridine rings is 1. The van der Waals surface area contributed by atoms with Crippen LogP contribution >= 0.6 is 0 Å². The van der Waals surface area contributed by atoms with Gasteiger partial charge < -0.3 is 10.4 Å². The smallest absolute Gasteiger partial charge is 0.253 e. The van der Waals surface area contributed by atoms with E-state index >= 15 is 0 Å². The highest BCUT2D eigenvalue weighted by molar-refractivity contribution is 5.94. The van der Waals surface area contributed by atoms with Gasteiger partial charge in [0.1, 0.15) is 0 Å². The Labute approximate surface area is 95.7 Å². The van der Waals surface area contributed by atoms with Crippen LogP contribution in [0.25, 0.3) is 0 Å². The third kappa shape index (κ3) is 3.98. The Bertz CT molecular complexity index is 364. The lowest BCUT2D eigenvalue weighted by Gasteiger charge is -2.15. The van der Waals surface area contributed by atoms with Crippen LogP contribution < -0.4 is 5.32 Å². The fraction of sp³-hybridized carbons (Fsp3) is 0.500. The van der Waals surface area contributed by atoms with Gasteiger partial charge in [-0.2, -0.15) is 0 Å². The predicted molar refractivity (Wildman–Crippen MR) is 62.2 cm³/mol. The van der Waals surface area contributed by atoms with Crippen molar-refractivity contribution < 1.29 is 9.90 Å². The van der Waals surface area contributed by atoms with E-state index in [1.165, 1.54) is 6.20 Å². The molecule has 0 aliphatic heterocycles. The second-order valence-electron chi connectivity index (χ2n) is 4.21. The summed E-state index contributed by atoms with van der Waals surface area (Å²) in [6, 6.07) is 1.74. The number of hydrogen-bond donors (Lipinski definition) is 2. The van der Waals surface area contributed by atoms with Gasteiger partial charge >= 0.3 is 0 Å². The Kier molecular flexibility index (Phi) is 4.43. The molecule has 1 rings (SSSR count). The van der Waals surface area contributed by atoms with Crippen LogP contribution in [0.1, 0.15) is 36.2 Å². The van der Waals surface area contributed by atoms with Crippen LogP contribution in [0.3, 0.4) is 0 Å². The van der Waals surface area contributed by atoms with Crippen molar-refractivity contribution in [2.75, 3.05) is 0 Å². The summed E-state index contributed by atoms with van der Waals surface area (Å²) >= 11 is 0. The van der Waals surface area contributed by atoms with Crippen molar-refractivity contribution in [1.82, 2.24) is 10.3 Å². The molecular formula is C12H18N2O2. The number of aliphatic hydroxyl groups is 1. The Morgan fingerprint density at radius 1 is 1.50 bits per heavy atom. The first kappa shape index (κ1) is 12.6. The molecule has 4 nitrogen and oxygen atoms in total. The molecule has 1 amide bonds. The van der Waals surface area contributed by atoms with Gasteiger partial charge in [0, 0.05) is 18.4 Å². The second-order valence-corrected chi connectivity index (χ2v) is 4.21. The van der Waals surface area contributed by atoms with E-state index in [0.717, 1.165) is 5.56 Å². The van der Waals surface area contributed by atoms with E-state index in [1.54, 1.807) is 19.2 Å². The Balaban J connectivity index is 2.59. The van der Waals surface area contributed by atoms with E-state index in [1.807, 2.05) is 13.8 Å². The van der Waals surface area contributed by atoms with Gasteiger partial charge in [-0.1, -0.05) is 0 Å². The maximum atomic E-state index is 11.8. The Morgan fingerprint density at radius 2 is 2.19 bits per heavy atom. The van der Waals surface area contributed by atoms with E-state index in [4.69, 9.17) is 0 Å². The number of nitrogens with one attached hydrogen (secondary N) is 1. The van der Waals surface area contributed by atoms with Crippen LogP contribution in [0, 0.1) is 6.92 Å². The van der Waals surface area contributed by atoms with Crippen molar-refractivity contribution in [1.29, 1.82) is 0 Å². The van der Waals surface area contributed by atoms with Crippen LogP contribution in [0.5, 0.6) is 0 Å². The number of hydrogen-bond acceptors (Lipinski definition) is 3. The maximum Gasteiger partial charge on any atom is 0.253 e. The van der Waals surface area contributed by atoms with Crippen molar-refractivity contribution in [3.8, 4) is 0 Å². The van der Waals surface area contributed by atoms with Crippen LogP contribution in [0.2, 0.25) is 0 Å². The predicted octanol–water partition coefficient (Wildman–Crippen LogP) is 1.28. The van der Waals surface area contributed by atoms with Crippen molar-refractivity contribution >= 4 is 5.91 Å². The number of carbonyl (C=O) groups excluding carboxylic acids is 1. The van der Waals surface area contributed by atoms with E-state index in [0.29, 0.717) is 12.0 Å². The van der Waals surface area contributed by atoms with E-state index in [-0.39, 0.29) is 11.9 Å². The molecule has 0 fully saturated rings. The minimum absolute atomic E-state index is 0.0481.